The van der Waals surface area contributed by atoms with E-state index in [4.69, 9.17) is 22.6 Å². The van der Waals surface area contributed by atoms with Gasteiger partial charge in [0.15, 0.2) is 0 Å². The maximum absolute atomic E-state index is 8.89. The summed E-state index contributed by atoms with van der Waals surface area (Å²) in [5, 5.41) is 9.58. The number of nitrogens with two attached hydrogens (primary N) is 1. The Kier molecular flexibility index (Phi) is 5.46. The Bertz CT molecular complexity index is 437. The fourth-order valence-electron chi connectivity index (χ4n) is 1.83. The fraction of sp³-hybridized carbons (Fsp3) is 0.500. The zero-order valence-electron chi connectivity index (χ0n) is 11.2. The molecule has 0 spiro atoms. The first-order valence-electron chi connectivity index (χ1n) is 6.19. The Hall–Kier alpha value is -1.24. The molecule has 0 heterocycles. The van der Waals surface area contributed by atoms with Crippen molar-refractivity contribution in [2.24, 2.45) is 11.7 Å². The van der Waals surface area contributed by atoms with E-state index in [1.165, 1.54) is 0 Å². The van der Waals surface area contributed by atoms with Gasteiger partial charge in [0.05, 0.1) is 22.7 Å². The van der Waals surface area contributed by atoms with Gasteiger partial charge in [-0.05, 0) is 38.5 Å². The highest BCUT2D eigenvalue weighted by Crippen LogP contribution is 2.29. The summed E-state index contributed by atoms with van der Waals surface area (Å²) in [4.78, 5) is 2.11. The van der Waals surface area contributed by atoms with Gasteiger partial charge < -0.3 is 10.6 Å². The SMILES string of the molecule is CCN(CC(C)C#N)c1ccc([C@@H](C)N)cc1Cl. The highest BCUT2D eigenvalue weighted by atomic mass is 35.5. The van der Waals surface area contributed by atoms with Crippen molar-refractivity contribution in [2.45, 2.75) is 26.8 Å². The number of rotatable bonds is 5. The normalized spacial score (nSPS) is 13.8. The van der Waals surface area contributed by atoms with Crippen molar-refractivity contribution in [1.82, 2.24) is 0 Å². The van der Waals surface area contributed by atoms with Crippen LogP contribution in [0.4, 0.5) is 5.69 Å². The van der Waals surface area contributed by atoms with Crippen LogP contribution in [-0.2, 0) is 0 Å². The summed E-state index contributed by atoms with van der Waals surface area (Å²) in [7, 11) is 0. The molecule has 0 saturated heterocycles. The predicted molar refractivity (Wildman–Crippen MR) is 76.7 cm³/mol. The lowest BCUT2D eigenvalue weighted by Crippen LogP contribution is -2.28. The fourth-order valence-corrected chi connectivity index (χ4v) is 2.14. The van der Waals surface area contributed by atoms with E-state index < -0.39 is 0 Å². The Morgan fingerprint density at radius 2 is 2.11 bits per heavy atom. The summed E-state index contributed by atoms with van der Waals surface area (Å²) in [6.07, 6.45) is 0. The van der Waals surface area contributed by atoms with Gasteiger partial charge >= 0.3 is 0 Å². The van der Waals surface area contributed by atoms with E-state index in [0.717, 1.165) is 17.8 Å². The largest absolute Gasteiger partial charge is 0.369 e. The average molecular weight is 266 g/mol. The van der Waals surface area contributed by atoms with Gasteiger partial charge in [-0.3, -0.25) is 0 Å². The van der Waals surface area contributed by atoms with Gasteiger partial charge in [-0.2, -0.15) is 5.26 Å². The molecule has 0 bridgehead atoms. The minimum absolute atomic E-state index is 0.0193. The molecule has 0 fully saturated rings. The smallest absolute Gasteiger partial charge is 0.0671 e. The Balaban J connectivity index is 2.97. The van der Waals surface area contributed by atoms with Crippen LogP contribution in [0.3, 0.4) is 0 Å². The van der Waals surface area contributed by atoms with Crippen LogP contribution in [0.1, 0.15) is 32.4 Å². The molecule has 0 amide bonds. The van der Waals surface area contributed by atoms with Crippen molar-refractivity contribution in [3.8, 4) is 6.07 Å². The Morgan fingerprint density at radius 3 is 2.56 bits per heavy atom. The van der Waals surface area contributed by atoms with Crippen molar-refractivity contribution in [3.05, 3.63) is 28.8 Å². The molecule has 3 nitrogen and oxygen atoms in total. The summed E-state index contributed by atoms with van der Waals surface area (Å²) >= 11 is 6.29. The molecule has 18 heavy (non-hydrogen) atoms. The van der Waals surface area contributed by atoms with Gasteiger partial charge in [-0.25, -0.2) is 0 Å². The molecule has 0 saturated carbocycles. The van der Waals surface area contributed by atoms with Gasteiger partial charge in [-0.1, -0.05) is 17.7 Å². The second-order valence-corrected chi connectivity index (χ2v) is 4.98. The van der Waals surface area contributed by atoms with Crippen LogP contribution in [0.25, 0.3) is 0 Å². The highest BCUT2D eigenvalue weighted by molar-refractivity contribution is 6.33. The van der Waals surface area contributed by atoms with E-state index in [0.29, 0.717) is 11.6 Å². The number of anilines is 1. The van der Waals surface area contributed by atoms with Crippen molar-refractivity contribution < 1.29 is 0 Å². The van der Waals surface area contributed by atoms with Gasteiger partial charge in [0.2, 0.25) is 0 Å². The zero-order valence-corrected chi connectivity index (χ0v) is 11.9. The van der Waals surface area contributed by atoms with Crippen LogP contribution in [0.2, 0.25) is 5.02 Å². The quantitative estimate of drug-likeness (QED) is 0.888. The van der Waals surface area contributed by atoms with Gasteiger partial charge in [0.1, 0.15) is 0 Å². The molecule has 98 valence electrons. The molecule has 2 atom stereocenters. The van der Waals surface area contributed by atoms with Crippen LogP contribution >= 0.6 is 11.6 Å². The van der Waals surface area contributed by atoms with E-state index in [1.807, 2.05) is 32.0 Å². The minimum Gasteiger partial charge on any atom is -0.369 e. The van der Waals surface area contributed by atoms with E-state index in [-0.39, 0.29) is 12.0 Å². The summed E-state index contributed by atoms with van der Waals surface area (Å²) in [5.41, 5.74) is 7.81. The number of nitriles is 1. The van der Waals surface area contributed by atoms with E-state index >= 15 is 0 Å². The molecule has 0 aliphatic heterocycles. The maximum Gasteiger partial charge on any atom is 0.0671 e. The molecule has 1 aromatic rings. The predicted octanol–water partition coefficient (Wildman–Crippen LogP) is 3.35. The second kappa shape index (κ2) is 6.63. The molecule has 1 unspecified atom stereocenters. The maximum atomic E-state index is 8.89. The third-order valence-electron chi connectivity index (χ3n) is 2.93. The van der Waals surface area contributed by atoms with Crippen molar-refractivity contribution >= 4 is 17.3 Å². The van der Waals surface area contributed by atoms with Crippen LogP contribution in [-0.4, -0.2) is 13.1 Å². The number of benzene rings is 1. The average Bonchev–Trinajstić information content (AvgIpc) is 2.35. The third-order valence-corrected chi connectivity index (χ3v) is 3.24. The molecular weight excluding hydrogens is 246 g/mol. The van der Waals surface area contributed by atoms with Crippen molar-refractivity contribution in [3.63, 3.8) is 0 Å². The lowest BCUT2D eigenvalue weighted by Gasteiger charge is -2.25. The number of nitrogens with zero attached hydrogens (tertiary/aromatic N) is 2. The van der Waals surface area contributed by atoms with Crippen LogP contribution in [0, 0.1) is 17.2 Å². The molecule has 0 aliphatic carbocycles. The lowest BCUT2D eigenvalue weighted by molar-refractivity contribution is 0.686. The third kappa shape index (κ3) is 3.63. The van der Waals surface area contributed by atoms with Crippen LogP contribution < -0.4 is 10.6 Å². The summed E-state index contributed by atoms with van der Waals surface area (Å²) in [6.45, 7) is 7.40. The first-order valence-corrected chi connectivity index (χ1v) is 6.57. The van der Waals surface area contributed by atoms with Gasteiger partial charge in [-0.15, -0.1) is 0 Å². The first kappa shape index (κ1) is 14.8. The Morgan fingerprint density at radius 1 is 1.44 bits per heavy atom. The standard InChI is InChI=1S/C14H20ClN3/c1-4-18(9-10(2)8-16)14-6-5-12(11(3)17)7-13(14)15/h5-7,10-11H,4,9,17H2,1-3H3/t10?,11-/m1/s1. The van der Waals surface area contributed by atoms with E-state index in [1.54, 1.807) is 0 Å². The summed E-state index contributed by atoms with van der Waals surface area (Å²) in [6, 6.07) is 8.10. The van der Waals surface area contributed by atoms with Gasteiger partial charge in [0, 0.05) is 19.1 Å². The summed E-state index contributed by atoms with van der Waals surface area (Å²) < 4.78 is 0. The molecule has 0 aliphatic rings. The molecule has 0 radical (unpaired) electrons. The van der Waals surface area contributed by atoms with E-state index in [9.17, 15) is 0 Å². The first-order chi connectivity index (χ1) is 8.49. The van der Waals surface area contributed by atoms with E-state index in [2.05, 4.69) is 17.9 Å². The number of halogens is 1. The number of hydrogen-bond donors (Lipinski definition) is 1. The molecular formula is C14H20ClN3. The van der Waals surface area contributed by atoms with Gasteiger partial charge in [0.25, 0.3) is 0 Å². The molecule has 1 aromatic carbocycles. The highest BCUT2D eigenvalue weighted by Gasteiger charge is 2.13. The lowest BCUT2D eigenvalue weighted by atomic mass is 10.1. The topological polar surface area (TPSA) is 53.0 Å². The molecule has 2 N–H and O–H groups in total. The molecule has 1 rings (SSSR count). The van der Waals surface area contributed by atoms with Crippen molar-refractivity contribution in [1.29, 1.82) is 5.26 Å². The monoisotopic (exact) mass is 265 g/mol. The number of hydrogen-bond acceptors (Lipinski definition) is 3. The molecule has 4 heteroatoms. The minimum atomic E-state index is -0.0235. The van der Waals surface area contributed by atoms with Crippen molar-refractivity contribution in [2.75, 3.05) is 18.0 Å². The van der Waals surface area contributed by atoms with Crippen LogP contribution in [0.5, 0.6) is 0 Å². The second-order valence-electron chi connectivity index (χ2n) is 4.57. The van der Waals surface area contributed by atoms with Crippen LogP contribution in [0.15, 0.2) is 18.2 Å². The summed E-state index contributed by atoms with van der Waals surface area (Å²) in [5.74, 6) is -0.0193. The Labute approximate surface area is 114 Å². The molecule has 0 aromatic heterocycles. The zero-order chi connectivity index (χ0) is 13.7.